The number of nitrogens with one attached hydrogen (secondary N) is 1. The van der Waals surface area contributed by atoms with Crippen LogP contribution in [0.5, 0.6) is 0 Å². The quantitative estimate of drug-likeness (QED) is 0.740. The maximum atomic E-state index is 12.5. The number of rotatable bonds is 5. The Balaban J connectivity index is 1.39. The van der Waals surface area contributed by atoms with E-state index in [0.717, 1.165) is 30.6 Å². The molecule has 0 spiro atoms. The van der Waals surface area contributed by atoms with E-state index in [1.807, 2.05) is 48.7 Å². The molecule has 0 unspecified atom stereocenters. The molecule has 6 nitrogen and oxygen atoms in total. The van der Waals surface area contributed by atoms with Crippen molar-refractivity contribution < 1.29 is 9.59 Å². The molecule has 0 radical (unpaired) electrons. The summed E-state index contributed by atoms with van der Waals surface area (Å²) in [6, 6.07) is 17.2. The molecule has 4 rings (SSSR count). The van der Waals surface area contributed by atoms with Gasteiger partial charge in [-0.2, -0.15) is 5.10 Å². The monoisotopic (exact) mass is 374 g/mol. The predicted octanol–water partition coefficient (Wildman–Crippen LogP) is 3.70. The molecule has 1 aliphatic rings. The molecule has 1 saturated heterocycles. The third-order valence-corrected chi connectivity index (χ3v) is 4.84. The zero-order valence-electron chi connectivity index (χ0n) is 15.5. The Kier molecular flexibility index (Phi) is 5.19. The largest absolute Gasteiger partial charge is 0.319 e. The van der Waals surface area contributed by atoms with Gasteiger partial charge in [0, 0.05) is 30.4 Å². The van der Waals surface area contributed by atoms with Gasteiger partial charge in [-0.05, 0) is 42.7 Å². The zero-order chi connectivity index (χ0) is 19.3. The van der Waals surface area contributed by atoms with Gasteiger partial charge in [0.2, 0.25) is 5.91 Å². The lowest BCUT2D eigenvalue weighted by Crippen LogP contribution is -2.35. The minimum absolute atomic E-state index is 0.147. The number of amides is 2. The van der Waals surface area contributed by atoms with Crippen molar-refractivity contribution in [3.63, 3.8) is 0 Å². The third-order valence-electron chi connectivity index (χ3n) is 4.84. The molecular formula is C22H22N4O2. The number of benzene rings is 2. The van der Waals surface area contributed by atoms with E-state index in [-0.39, 0.29) is 11.8 Å². The maximum Gasteiger partial charge on any atom is 0.255 e. The average Bonchev–Trinajstić information content (AvgIpc) is 3.16. The topological polar surface area (TPSA) is 67.2 Å². The number of aromatic nitrogens is 2. The lowest BCUT2D eigenvalue weighted by Gasteiger charge is -2.26. The van der Waals surface area contributed by atoms with Gasteiger partial charge in [0.25, 0.3) is 5.91 Å². The molecule has 3 aromatic rings. The van der Waals surface area contributed by atoms with Gasteiger partial charge in [0.1, 0.15) is 0 Å². The molecule has 1 aliphatic heterocycles. The second-order valence-corrected chi connectivity index (χ2v) is 6.92. The fourth-order valence-corrected chi connectivity index (χ4v) is 3.36. The molecule has 0 atom stereocenters. The molecule has 1 fully saturated rings. The summed E-state index contributed by atoms with van der Waals surface area (Å²) in [6.45, 7) is 1.39. The van der Waals surface area contributed by atoms with Crippen LogP contribution in [0.15, 0.2) is 67.0 Å². The standard InChI is InChI=1S/C22H22N4O2/c27-21-8-4-5-13-26(21)20-11-9-18(10-12-20)22(28)24-19-14-23-25(16-19)15-17-6-2-1-3-7-17/h1-3,6-7,9-12,14,16H,4-5,8,13,15H2,(H,24,28). The highest BCUT2D eigenvalue weighted by Crippen LogP contribution is 2.21. The van der Waals surface area contributed by atoms with Crippen molar-refractivity contribution in [3.05, 3.63) is 78.1 Å². The van der Waals surface area contributed by atoms with Gasteiger partial charge in [-0.1, -0.05) is 30.3 Å². The van der Waals surface area contributed by atoms with E-state index in [4.69, 9.17) is 0 Å². The Labute approximate surface area is 163 Å². The van der Waals surface area contributed by atoms with Crippen LogP contribution >= 0.6 is 0 Å². The fraction of sp³-hybridized carbons (Fsp3) is 0.227. The number of carbonyl (C=O) groups excluding carboxylic acids is 2. The van der Waals surface area contributed by atoms with Crippen molar-refractivity contribution in [2.45, 2.75) is 25.8 Å². The van der Waals surface area contributed by atoms with Crippen LogP contribution in [0.4, 0.5) is 11.4 Å². The summed E-state index contributed by atoms with van der Waals surface area (Å²) in [5.74, 6) is -0.0509. The smallest absolute Gasteiger partial charge is 0.255 e. The molecule has 1 aromatic heterocycles. The summed E-state index contributed by atoms with van der Waals surface area (Å²) < 4.78 is 1.79. The first-order chi connectivity index (χ1) is 13.7. The van der Waals surface area contributed by atoms with Gasteiger partial charge >= 0.3 is 0 Å². The molecular weight excluding hydrogens is 352 g/mol. The van der Waals surface area contributed by atoms with Gasteiger partial charge in [0.15, 0.2) is 0 Å². The number of carbonyl (C=O) groups is 2. The lowest BCUT2D eigenvalue weighted by molar-refractivity contribution is -0.119. The van der Waals surface area contributed by atoms with Gasteiger partial charge in [-0.25, -0.2) is 0 Å². The number of hydrogen-bond donors (Lipinski definition) is 1. The fourth-order valence-electron chi connectivity index (χ4n) is 3.36. The van der Waals surface area contributed by atoms with E-state index < -0.39 is 0 Å². The molecule has 142 valence electrons. The van der Waals surface area contributed by atoms with Crippen LogP contribution in [-0.2, 0) is 11.3 Å². The van der Waals surface area contributed by atoms with Crippen LogP contribution in [0.25, 0.3) is 0 Å². The van der Waals surface area contributed by atoms with Crippen molar-refractivity contribution in [1.82, 2.24) is 9.78 Å². The van der Waals surface area contributed by atoms with Crippen LogP contribution in [-0.4, -0.2) is 28.1 Å². The summed E-state index contributed by atoms with van der Waals surface area (Å²) in [4.78, 5) is 26.3. The predicted molar refractivity (Wildman–Crippen MR) is 108 cm³/mol. The molecule has 0 saturated carbocycles. The Hall–Kier alpha value is -3.41. The molecule has 1 N–H and O–H groups in total. The summed E-state index contributed by atoms with van der Waals surface area (Å²) in [6.07, 6.45) is 6.01. The van der Waals surface area contributed by atoms with Crippen molar-refractivity contribution in [2.75, 3.05) is 16.8 Å². The van der Waals surface area contributed by atoms with Gasteiger partial charge < -0.3 is 10.2 Å². The van der Waals surface area contributed by atoms with E-state index in [1.54, 1.807) is 27.9 Å². The van der Waals surface area contributed by atoms with E-state index in [2.05, 4.69) is 10.4 Å². The molecule has 28 heavy (non-hydrogen) atoms. The normalized spacial score (nSPS) is 14.1. The average molecular weight is 374 g/mol. The number of hydrogen-bond acceptors (Lipinski definition) is 3. The molecule has 2 aromatic carbocycles. The Morgan fingerprint density at radius 2 is 1.82 bits per heavy atom. The lowest BCUT2D eigenvalue weighted by atomic mass is 10.1. The minimum atomic E-state index is -0.198. The molecule has 6 heteroatoms. The minimum Gasteiger partial charge on any atom is -0.319 e. The molecule has 2 amide bonds. The van der Waals surface area contributed by atoms with Gasteiger partial charge in [0.05, 0.1) is 18.4 Å². The van der Waals surface area contributed by atoms with Crippen LogP contribution in [0.2, 0.25) is 0 Å². The second kappa shape index (κ2) is 8.08. The highest BCUT2D eigenvalue weighted by molar-refractivity contribution is 6.04. The Bertz CT molecular complexity index is 964. The van der Waals surface area contributed by atoms with Crippen molar-refractivity contribution in [1.29, 1.82) is 0 Å². The maximum absolute atomic E-state index is 12.5. The third kappa shape index (κ3) is 4.11. The van der Waals surface area contributed by atoms with Crippen molar-refractivity contribution >= 4 is 23.2 Å². The summed E-state index contributed by atoms with van der Waals surface area (Å²) in [7, 11) is 0. The zero-order valence-corrected chi connectivity index (χ0v) is 15.5. The SMILES string of the molecule is O=C(Nc1cnn(Cc2ccccc2)c1)c1ccc(N2CCCCC2=O)cc1. The highest BCUT2D eigenvalue weighted by atomic mass is 16.2. The van der Waals surface area contributed by atoms with Gasteiger partial charge in [-0.3, -0.25) is 14.3 Å². The van der Waals surface area contributed by atoms with E-state index in [9.17, 15) is 9.59 Å². The van der Waals surface area contributed by atoms with E-state index >= 15 is 0 Å². The van der Waals surface area contributed by atoms with Crippen molar-refractivity contribution in [3.8, 4) is 0 Å². The molecule has 0 bridgehead atoms. The van der Waals surface area contributed by atoms with E-state index in [1.165, 1.54) is 0 Å². The first-order valence-corrected chi connectivity index (χ1v) is 9.47. The summed E-state index contributed by atoms with van der Waals surface area (Å²) in [5, 5.41) is 7.17. The van der Waals surface area contributed by atoms with Gasteiger partial charge in [-0.15, -0.1) is 0 Å². The van der Waals surface area contributed by atoms with Crippen LogP contribution in [0.3, 0.4) is 0 Å². The summed E-state index contributed by atoms with van der Waals surface area (Å²) >= 11 is 0. The van der Waals surface area contributed by atoms with Crippen LogP contribution in [0, 0.1) is 0 Å². The number of piperidine rings is 1. The number of nitrogens with zero attached hydrogens (tertiary/aromatic N) is 3. The summed E-state index contributed by atoms with van der Waals surface area (Å²) in [5.41, 5.74) is 3.18. The first-order valence-electron chi connectivity index (χ1n) is 9.47. The van der Waals surface area contributed by atoms with Crippen LogP contribution < -0.4 is 10.2 Å². The highest BCUT2D eigenvalue weighted by Gasteiger charge is 2.19. The molecule has 2 heterocycles. The molecule has 0 aliphatic carbocycles. The van der Waals surface area contributed by atoms with E-state index in [0.29, 0.717) is 24.2 Å². The Morgan fingerprint density at radius 3 is 2.57 bits per heavy atom. The number of anilines is 2. The van der Waals surface area contributed by atoms with Crippen LogP contribution in [0.1, 0.15) is 35.2 Å². The van der Waals surface area contributed by atoms with Crippen molar-refractivity contribution in [2.24, 2.45) is 0 Å². The second-order valence-electron chi connectivity index (χ2n) is 6.92. The first kappa shape index (κ1) is 18.0. The Morgan fingerprint density at radius 1 is 1.04 bits per heavy atom.